The predicted molar refractivity (Wildman–Crippen MR) is 151 cm³/mol. The second kappa shape index (κ2) is 12.5. The normalized spacial score (nSPS) is 12.8. The van der Waals surface area contributed by atoms with Crippen LogP contribution in [0, 0.1) is 23.5 Å². The van der Waals surface area contributed by atoms with Gasteiger partial charge in [-0.2, -0.15) is 8.78 Å². The maximum absolute atomic E-state index is 15.8. The number of hydrogen-bond acceptors (Lipinski definition) is 5. The number of alkyl halides is 2. The number of benzene rings is 3. The van der Waals surface area contributed by atoms with Crippen molar-refractivity contribution in [2.24, 2.45) is 0 Å². The zero-order valence-corrected chi connectivity index (χ0v) is 23.0. The van der Waals surface area contributed by atoms with E-state index in [4.69, 9.17) is 4.74 Å². The van der Waals surface area contributed by atoms with Crippen molar-refractivity contribution in [1.82, 2.24) is 25.3 Å². The number of nitrogens with one attached hydrogen (secondary N) is 2. The van der Waals surface area contributed by atoms with Gasteiger partial charge in [0.2, 0.25) is 0 Å². The van der Waals surface area contributed by atoms with Gasteiger partial charge >= 0.3 is 5.92 Å². The molecular weight excluding hydrogens is 562 g/mol. The van der Waals surface area contributed by atoms with Crippen molar-refractivity contribution in [3.8, 4) is 17.6 Å². The van der Waals surface area contributed by atoms with E-state index in [1.807, 2.05) is 31.3 Å². The fourth-order valence-corrected chi connectivity index (χ4v) is 4.41. The molecule has 220 valence electrons. The van der Waals surface area contributed by atoms with Crippen LogP contribution >= 0.6 is 0 Å². The number of rotatable bonds is 10. The molecule has 0 aliphatic rings. The van der Waals surface area contributed by atoms with E-state index in [0.29, 0.717) is 29.5 Å². The summed E-state index contributed by atoms with van der Waals surface area (Å²) >= 11 is 0. The minimum absolute atomic E-state index is 0.342. The Bertz CT molecular complexity index is 1710. The van der Waals surface area contributed by atoms with Gasteiger partial charge < -0.3 is 15.2 Å². The molecule has 0 radical (unpaired) electrons. The molecule has 0 amide bonds. The highest BCUT2D eigenvalue weighted by atomic mass is 19.3. The highest BCUT2D eigenvalue weighted by Gasteiger charge is 2.57. The summed E-state index contributed by atoms with van der Waals surface area (Å²) in [7, 11) is 1.90. The third kappa shape index (κ3) is 6.61. The van der Waals surface area contributed by atoms with Gasteiger partial charge in [-0.1, -0.05) is 36.1 Å². The quantitative estimate of drug-likeness (QED) is 0.153. The largest absolute Gasteiger partial charge is 0.489 e. The second-order valence-corrected chi connectivity index (χ2v) is 9.87. The third-order valence-corrected chi connectivity index (χ3v) is 6.78. The van der Waals surface area contributed by atoms with Gasteiger partial charge in [-0.3, -0.25) is 9.67 Å². The monoisotopic (exact) mass is 589 g/mol. The number of aromatic nitrogens is 4. The molecule has 3 aromatic carbocycles. The molecule has 0 fully saturated rings. The van der Waals surface area contributed by atoms with Crippen molar-refractivity contribution in [3.63, 3.8) is 0 Å². The number of halogens is 4. The van der Waals surface area contributed by atoms with Gasteiger partial charge in [-0.05, 0) is 66.7 Å². The van der Waals surface area contributed by atoms with Crippen LogP contribution in [0.2, 0.25) is 0 Å². The first-order valence-electron chi connectivity index (χ1n) is 13.2. The standard InChI is InChI=1S/C32H27F4N5O2/c1-37-17-23-4-6-25(7-5-23)19-43-27-12-8-22(9-13-27)2-3-24-10-15-30(38-18-24)32(35,36)31(42,20-41-21-39-40-41)28-14-11-26(33)16-29(28)34/h4-16,18,21,37,40,42H,17,19-20H2,1H3. The van der Waals surface area contributed by atoms with Gasteiger partial charge in [-0.15, -0.1) is 5.10 Å². The highest BCUT2D eigenvalue weighted by molar-refractivity contribution is 5.44. The van der Waals surface area contributed by atoms with Gasteiger partial charge in [0.25, 0.3) is 0 Å². The molecule has 0 saturated carbocycles. The maximum Gasteiger partial charge on any atom is 0.323 e. The van der Waals surface area contributed by atoms with Gasteiger partial charge in [-0.25, -0.2) is 14.0 Å². The molecule has 5 rings (SSSR count). The average molecular weight is 590 g/mol. The van der Waals surface area contributed by atoms with Crippen molar-refractivity contribution in [1.29, 1.82) is 0 Å². The van der Waals surface area contributed by atoms with Crippen molar-refractivity contribution in [3.05, 3.63) is 137 Å². The average Bonchev–Trinajstić information content (AvgIpc) is 2.98. The molecule has 0 bridgehead atoms. The molecule has 0 spiro atoms. The molecule has 43 heavy (non-hydrogen) atoms. The predicted octanol–water partition coefficient (Wildman–Crippen LogP) is 5.26. The summed E-state index contributed by atoms with van der Waals surface area (Å²) in [5, 5.41) is 20.2. The number of H-pyrrole nitrogens is 1. The highest BCUT2D eigenvalue weighted by Crippen LogP contribution is 2.46. The van der Waals surface area contributed by atoms with Gasteiger partial charge in [0.05, 0.1) is 6.54 Å². The van der Waals surface area contributed by atoms with E-state index in [1.54, 1.807) is 24.3 Å². The summed E-state index contributed by atoms with van der Waals surface area (Å²) in [4.78, 5) is 3.83. The minimum atomic E-state index is -4.09. The van der Waals surface area contributed by atoms with Crippen LogP contribution in [-0.4, -0.2) is 32.1 Å². The molecule has 11 heteroatoms. The van der Waals surface area contributed by atoms with Crippen molar-refractivity contribution < 1.29 is 27.4 Å². The van der Waals surface area contributed by atoms with Crippen LogP contribution in [0.3, 0.4) is 0 Å². The molecule has 3 N–H and O–H groups in total. The molecule has 5 aromatic rings. The molecule has 7 nitrogen and oxygen atoms in total. The number of aromatic amines is 1. The Hall–Kier alpha value is -4.92. The van der Waals surface area contributed by atoms with E-state index in [2.05, 4.69) is 32.5 Å². The van der Waals surface area contributed by atoms with Crippen molar-refractivity contribution in [2.75, 3.05) is 7.05 Å². The molecule has 0 aliphatic carbocycles. The first-order chi connectivity index (χ1) is 20.7. The Labute approximate surface area is 245 Å². The third-order valence-electron chi connectivity index (χ3n) is 6.78. The van der Waals surface area contributed by atoms with Crippen LogP contribution in [0.4, 0.5) is 17.6 Å². The lowest BCUT2D eigenvalue weighted by Crippen LogP contribution is -2.48. The van der Waals surface area contributed by atoms with E-state index in [0.717, 1.165) is 47.5 Å². The first-order valence-corrected chi connectivity index (χ1v) is 13.2. The summed E-state index contributed by atoms with van der Waals surface area (Å²) in [6, 6.07) is 19.6. The summed E-state index contributed by atoms with van der Waals surface area (Å²) in [6.07, 6.45) is 2.29. The Morgan fingerprint density at radius 1 is 0.930 bits per heavy atom. The molecule has 2 aromatic heterocycles. The minimum Gasteiger partial charge on any atom is -0.489 e. The number of aliphatic hydroxyl groups is 1. The van der Waals surface area contributed by atoms with Gasteiger partial charge in [0, 0.05) is 35.5 Å². The number of nitrogens with zero attached hydrogens (tertiary/aromatic N) is 3. The number of ether oxygens (including phenoxy) is 1. The van der Waals surface area contributed by atoms with E-state index in [9.17, 15) is 13.9 Å². The molecule has 1 unspecified atom stereocenters. The van der Waals surface area contributed by atoms with E-state index < -0.39 is 41.0 Å². The molecule has 0 aliphatic heterocycles. The lowest BCUT2D eigenvalue weighted by atomic mass is 9.84. The molecular formula is C32H27F4N5O2. The zero-order chi connectivity index (χ0) is 30.5. The number of hydrogen-bond donors (Lipinski definition) is 3. The smallest absolute Gasteiger partial charge is 0.323 e. The summed E-state index contributed by atoms with van der Waals surface area (Å²) in [5.74, 6) is 0.101. The fraction of sp³-hybridized carbons (Fsp3) is 0.188. The zero-order valence-electron chi connectivity index (χ0n) is 23.0. The summed E-state index contributed by atoms with van der Waals surface area (Å²) < 4.78 is 66.6. The Balaban J connectivity index is 1.28. The van der Waals surface area contributed by atoms with Crippen LogP contribution in [0.1, 0.15) is 33.5 Å². The first kappa shape index (κ1) is 29.6. The topological polar surface area (TPSA) is 88.0 Å². The van der Waals surface area contributed by atoms with Crippen LogP contribution in [0.5, 0.6) is 5.75 Å². The Morgan fingerprint density at radius 2 is 1.60 bits per heavy atom. The van der Waals surface area contributed by atoms with Crippen molar-refractivity contribution in [2.45, 2.75) is 31.2 Å². The van der Waals surface area contributed by atoms with E-state index >= 15 is 8.78 Å². The number of pyridine rings is 1. The maximum atomic E-state index is 15.8. The summed E-state index contributed by atoms with van der Waals surface area (Å²) in [5.41, 5.74) is -1.49. The Kier molecular flexibility index (Phi) is 8.61. The molecule has 2 heterocycles. The second-order valence-electron chi connectivity index (χ2n) is 9.87. The van der Waals surface area contributed by atoms with E-state index in [1.165, 1.54) is 11.6 Å². The molecule has 0 saturated heterocycles. The Morgan fingerprint density at radius 3 is 2.21 bits per heavy atom. The SMILES string of the molecule is CNCc1ccc(COc2ccc(C#Cc3ccc(C(F)(F)C(O)(Cn4cn[nH]4)c4ccc(F)cc4F)nc3)cc2)cc1. The lowest BCUT2D eigenvalue weighted by molar-refractivity contribution is -0.208. The van der Waals surface area contributed by atoms with Crippen LogP contribution in [0.15, 0.2) is 91.4 Å². The fourth-order valence-electron chi connectivity index (χ4n) is 4.41. The van der Waals surface area contributed by atoms with E-state index in [-0.39, 0.29) is 0 Å². The van der Waals surface area contributed by atoms with Crippen LogP contribution in [-0.2, 0) is 31.2 Å². The van der Waals surface area contributed by atoms with Crippen LogP contribution < -0.4 is 10.1 Å². The molecule has 1 atom stereocenters. The van der Waals surface area contributed by atoms with Gasteiger partial charge in [0.1, 0.15) is 36.0 Å². The van der Waals surface area contributed by atoms with Crippen molar-refractivity contribution >= 4 is 0 Å². The summed E-state index contributed by atoms with van der Waals surface area (Å²) in [6.45, 7) is 0.418. The van der Waals surface area contributed by atoms with Gasteiger partial charge in [0.15, 0.2) is 5.60 Å². The lowest BCUT2D eigenvalue weighted by Gasteiger charge is -2.36. The van der Waals surface area contributed by atoms with Crippen LogP contribution in [0.25, 0.3) is 0 Å².